The molecule has 1 aliphatic heterocycles. The molecule has 28 heavy (non-hydrogen) atoms. The highest BCUT2D eigenvalue weighted by atomic mass is 79.9. The number of piperazine rings is 1. The van der Waals surface area contributed by atoms with Crippen molar-refractivity contribution in [3.05, 3.63) is 39.3 Å². The van der Waals surface area contributed by atoms with E-state index in [1.807, 2.05) is 6.92 Å². The number of hydrogen-bond acceptors (Lipinski definition) is 5. The van der Waals surface area contributed by atoms with E-state index >= 15 is 0 Å². The van der Waals surface area contributed by atoms with Crippen LogP contribution in [0.1, 0.15) is 19.2 Å². The molecule has 1 aromatic heterocycles. The lowest BCUT2D eigenvalue weighted by molar-refractivity contribution is -0.133. The number of hydrogen-bond donors (Lipinski definition) is 1. The van der Waals surface area contributed by atoms with Crippen LogP contribution in [-0.4, -0.2) is 64.5 Å². The summed E-state index contributed by atoms with van der Waals surface area (Å²) in [5.74, 6) is 0.674. The van der Waals surface area contributed by atoms with Gasteiger partial charge in [-0.25, -0.2) is 8.42 Å². The van der Waals surface area contributed by atoms with E-state index in [9.17, 15) is 13.2 Å². The molecular formula is C17H22BrN5O3S2. The molecule has 11 heteroatoms. The number of aromatic nitrogens is 3. The van der Waals surface area contributed by atoms with Gasteiger partial charge in [0.15, 0.2) is 4.77 Å². The van der Waals surface area contributed by atoms with Gasteiger partial charge in [0.05, 0.1) is 4.90 Å². The zero-order valence-electron chi connectivity index (χ0n) is 15.5. The molecule has 152 valence electrons. The van der Waals surface area contributed by atoms with E-state index in [1.54, 1.807) is 33.7 Å². The van der Waals surface area contributed by atoms with Crippen LogP contribution in [0.2, 0.25) is 0 Å². The van der Waals surface area contributed by atoms with Crippen LogP contribution in [0.5, 0.6) is 0 Å². The fourth-order valence-corrected chi connectivity index (χ4v) is 5.00. The summed E-state index contributed by atoms with van der Waals surface area (Å²) < 4.78 is 29.9. The molecule has 3 rings (SSSR count). The summed E-state index contributed by atoms with van der Waals surface area (Å²) in [6.45, 7) is 3.39. The Hall–Kier alpha value is -1.56. The Labute approximate surface area is 177 Å². The summed E-state index contributed by atoms with van der Waals surface area (Å²) in [5.41, 5.74) is 0. The number of rotatable bonds is 6. The second kappa shape index (κ2) is 8.85. The minimum atomic E-state index is -3.56. The summed E-state index contributed by atoms with van der Waals surface area (Å²) in [7, 11) is -3.56. The summed E-state index contributed by atoms with van der Waals surface area (Å²) in [6.07, 6.45) is 1.64. The number of H-pyrrole nitrogens is 1. The Kier molecular flexibility index (Phi) is 6.69. The highest BCUT2D eigenvalue weighted by Gasteiger charge is 2.30. The first-order valence-corrected chi connectivity index (χ1v) is 11.6. The van der Waals surface area contributed by atoms with Gasteiger partial charge in [-0.05, 0) is 42.9 Å². The first kappa shape index (κ1) is 21.2. The molecule has 0 saturated carbocycles. The molecule has 2 aromatic rings. The molecule has 1 N–H and O–H groups in total. The largest absolute Gasteiger partial charge is 0.338 e. The third kappa shape index (κ3) is 4.53. The van der Waals surface area contributed by atoms with Crippen LogP contribution in [0.3, 0.4) is 0 Å². The lowest BCUT2D eigenvalue weighted by Gasteiger charge is -2.34. The summed E-state index contributed by atoms with van der Waals surface area (Å²) in [6, 6.07) is 6.56. The fraction of sp³-hybridized carbons (Fsp3) is 0.471. The van der Waals surface area contributed by atoms with Gasteiger partial charge in [0, 0.05) is 37.1 Å². The van der Waals surface area contributed by atoms with Crippen LogP contribution in [-0.2, 0) is 27.8 Å². The fourth-order valence-electron chi connectivity index (χ4n) is 3.10. The molecular weight excluding hydrogens is 466 g/mol. The van der Waals surface area contributed by atoms with Crippen LogP contribution in [0.15, 0.2) is 33.6 Å². The maximum absolute atomic E-state index is 12.8. The second-order valence-corrected chi connectivity index (χ2v) is 9.76. The Morgan fingerprint density at radius 1 is 1.21 bits per heavy atom. The highest BCUT2D eigenvalue weighted by molar-refractivity contribution is 9.10. The Morgan fingerprint density at radius 2 is 1.86 bits per heavy atom. The Balaban J connectivity index is 1.64. The third-order valence-electron chi connectivity index (χ3n) is 4.65. The predicted octanol–water partition coefficient (Wildman–Crippen LogP) is 2.19. The van der Waals surface area contributed by atoms with Crippen LogP contribution in [0.25, 0.3) is 0 Å². The molecule has 1 amide bonds. The van der Waals surface area contributed by atoms with E-state index in [-0.39, 0.29) is 30.4 Å². The zero-order valence-corrected chi connectivity index (χ0v) is 18.7. The number of nitrogens with one attached hydrogen (secondary N) is 1. The topological polar surface area (TPSA) is 91.3 Å². The number of halogens is 1. The first-order valence-electron chi connectivity index (χ1n) is 9.00. The van der Waals surface area contributed by atoms with E-state index in [0.29, 0.717) is 17.9 Å². The van der Waals surface area contributed by atoms with Gasteiger partial charge < -0.3 is 4.90 Å². The maximum atomic E-state index is 12.8. The highest BCUT2D eigenvalue weighted by Crippen LogP contribution is 2.20. The molecule has 0 bridgehead atoms. The number of benzene rings is 1. The van der Waals surface area contributed by atoms with Gasteiger partial charge in [-0.1, -0.05) is 22.9 Å². The Bertz CT molecular complexity index is 993. The van der Waals surface area contributed by atoms with Crippen molar-refractivity contribution in [2.45, 2.75) is 31.2 Å². The van der Waals surface area contributed by atoms with Gasteiger partial charge in [-0.3, -0.25) is 14.5 Å². The van der Waals surface area contributed by atoms with E-state index in [2.05, 4.69) is 26.1 Å². The van der Waals surface area contributed by atoms with E-state index in [1.165, 1.54) is 4.31 Å². The van der Waals surface area contributed by atoms with Crippen molar-refractivity contribution in [1.82, 2.24) is 24.0 Å². The van der Waals surface area contributed by atoms with Crippen molar-refractivity contribution < 1.29 is 13.2 Å². The predicted molar refractivity (Wildman–Crippen MR) is 111 cm³/mol. The number of aromatic amines is 1. The van der Waals surface area contributed by atoms with Crippen molar-refractivity contribution in [2.24, 2.45) is 0 Å². The summed E-state index contributed by atoms with van der Waals surface area (Å²) >= 11 is 8.53. The SMILES string of the molecule is CCCc1n[nH]c(=S)n1CC(=O)N1CCN(S(=O)(=O)c2ccc(Br)cc2)CC1. The molecule has 1 saturated heterocycles. The maximum Gasteiger partial charge on any atom is 0.243 e. The van der Waals surface area contributed by atoms with Crippen LogP contribution >= 0.6 is 28.1 Å². The number of aryl methyl sites for hydroxylation is 1. The molecule has 0 unspecified atom stereocenters. The zero-order chi connectivity index (χ0) is 20.3. The standard InChI is InChI=1S/C17H22BrN5O3S2/c1-2-3-15-19-20-17(27)23(15)12-16(24)21-8-10-22(11-9-21)28(25,26)14-6-4-13(18)5-7-14/h4-7H,2-3,8-12H2,1H3,(H,20,27). The van der Waals surface area contributed by atoms with Gasteiger partial charge in [0.2, 0.25) is 15.9 Å². The minimum absolute atomic E-state index is 0.0875. The first-order chi connectivity index (χ1) is 13.3. The average molecular weight is 488 g/mol. The summed E-state index contributed by atoms with van der Waals surface area (Å²) in [5, 5.41) is 6.91. The van der Waals surface area contributed by atoms with E-state index < -0.39 is 10.0 Å². The summed E-state index contributed by atoms with van der Waals surface area (Å²) in [4.78, 5) is 14.6. The normalized spacial score (nSPS) is 15.7. The number of carbonyl (C=O) groups is 1. The molecule has 0 aliphatic carbocycles. The quantitative estimate of drug-likeness (QED) is 0.630. The van der Waals surface area contributed by atoms with Gasteiger partial charge in [-0.15, -0.1) is 0 Å². The van der Waals surface area contributed by atoms with E-state index in [0.717, 1.165) is 23.1 Å². The lowest BCUT2D eigenvalue weighted by atomic mass is 10.3. The number of amides is 1. The molecule has 1 fully saturated rings. The van der Waals surface area contributed by atoms with Crippen molar-refractivity contribution in [3.8, 4) is 0 Å². The molecule has 0 spiro atoms. The molecule has 1 aliphatic rings. The second-order valence-electron chi connectivity index (χ2n) is 6.52. The molecule has 1 aromatic carbocycles. The average Bonchev–Trinajstić information content (AvgIpc) is 3.02. The smallest absolute Gasteiger partial charge is 0.243 e. The number of sulfonamides is 1. The van der Waals surface area contributed by atoms with Gasteiger partial charge in [0.1, 0.15) is 12.4 Å². The number of carbonyl (C=O) groups excluding carboxylic acids is 1. The van der Waals surface area contributed by atoms with Gasteiger partial charge in [-0.2, -0.15) is 9.40 Å². The molecule has 0 radical (unpaired) electrons. The van der Waals surface area contributed by atoms with Crippen LogP contribution in [0.4, 0.5) is 0 Å². The van der Waals surface area contributed by atoms with Crippen LogP contribution < -0.4 is 0 Å². The van der Waals surface area contributed by atoms with Crippen molar-refractivity contribution in [1.29, 1.82) is 0 Å². The molecule has 0 atom stereocenters. The van der Waals surface area contributed by atoms with Gasteiger partial charge >= 0.3 is 0 Å². The minimum Gasteiger partial charge on any atom is -0.338 e. The molecule has 8 nitrogen and oxygen atoms in total. The lowest BCUT2D eigenvalue weighted by Crippen LogP contribution is -2.51. The molecule has 2 heterocycles. The van der Waals surface area contributed by atoms with Crippen molar-refractivity contribution in [3.63, 3.8) is 0 Å². The number of nitrogens with zero attached hydrogens (tertiary/aromatic N) is 4. The van der Waals surface area contributed by atoms with Crippen LogP contribution in [0, 0.1) is 4.77 Å². The Morgan fingerprint density at radius 3 is 2.46 bits per heavy atom. The third-order valence-corrected chi connectivity index (χ3v) is 7.40. The van der Waals surface area contributed by atoms with Crippen molar-refractivity contribution in [2.75, 3.05) is 26.2 Å². The van der Waals surface area contributed by atoms with E-state index in [4.69, 9.17) is 12.2 Å². The van der Waals surface area contributed by atoms with Gasteiger partial charge in [0.25, 0.3) is 0 Å². The monoisotopic (exact) mass is 487 g/mol. The van der Waals surface area contributed by atoms with Crippen molar-refractivity contribution >= 4 is 44.1 Å².